The molecule has 1 unspecified atom stereocenters. The summed E-state index contributed by atoms with van der Waals surface area (Å²) < 4.78 is 0. The van der Waals surface area contributed by atoms with Crippen LogP contribution in [0.2, 0.25) is 0 Å². The lowest BCUT2D eigenvalue weighted by molar-refractivity contribution is 0.0448. The molecule has 3 N–H and O–H groups in total. The van der Waals surface area contributed by atoms with Crippen LogP contribution in [0.4, 0.5) is 0 Å². The lowest BCUT2D eigenvalue weighted by Crippen LogP contribution is -2.43. The molecule has 10 heavy (non-hydrogen) atoms. The average molecular weight is 145 g/mol. The van der Waals surface area contributed by atoms with Crippen molar-refractivity contribution in [3.8, 4) is 0 Å². The fraction of sp³-hybridized carbons (Fsp3) is 1.00. The fourth-order valence-corrected chi connectivity index (χ4v) is 0.796. The number of hydrogen-bond donors (Lipinski definition) is 2. The molecule has 0 aliphatic carbocycles. The highest BCUT2D eigenvalue weighted by atomic mass is 16.3. The molecule has 1 atom stereocenters. The standard InChI is InChI=1S/C8H19NO/c1-6(2)5-7(9)8(3,4)10/h6-7,10H,5,9H2,1-4H3. The van der Waals surface area contributed by atoms with Crippen LogP contribution in [0.25, 0.3) is 0 Å². The molecule has 0 spiro atoms. The predicted molar refractivity (Wildman–Crippen MR) is 43.7 cm³/mol. The Morgan fingerprint density at radius 2 is 1.80 bits per heavy atom. The zero-order valence-electron chi connectivity index (χ0n) is 7.39. The van der Waals surface area contributed by atoms with E-state index in [0.717, 1.165) is 6.42 Å². The van der Waals surface area contributed by atoms with E-state index in [0.29, 0.717) is 5.92 Å². The second-order valence-electron chi connectivity index (χ2n) is 3.89. The second-order valence-corrected chi connectivity index (χ2v) is 3.89. The minimum absolute atomic E-state index is 0.104. The normalized spacial score (nSPS) is 15.9. The lowest BCUT2D eigenvalue weighted by atomic mass is 9.92. The molecule has 0 aliphatic rings. The molecule has 0 aliphatic heterocycles. The van der Waals surface area contributed by atoms with E-state index >= 15 is 0 Å². The monoisotopic (exact) mass is 145 g/mol. The molecule has 0 bridgehead atoms. The molecule has 0 rings (SSSR count). The molecule has 0 aromatic rings. The van der Waals surface area contributed by atoms with E-state index in [1.165, 1.54) is 0 Å². The van der Waals surface area contributed by atoms with Crippen LogP contribution in [0.3, 0.4) is 0 Å². The van der Waals surface area contributed by atoms with Crippen LogP contribution in [0.15, 0.2) is 0 Å². The van der Waals surface area contributed by atoms with E-state index in [9.17, 15) is 5.11 Å². The highest BCUT2D eigenvalue weighted by molar-refractivity contribution is 4.80. The van der Waals surface area contributed by atoms with Crippen molar-refractivity contribution in [3.05, 3.63) is 0 Å². The first kappa shape index (κ1) is 9.92. The fourth-order valence-electron chi connectivity index (χ4n) is 0.796. The van der Waals surface area contributed by atoms with Crippen LogP contribution >= 0.6 is 0 Å². The van der Waals surface area contributed by atoms with Gasteiger partial charge >= 0.3 is 0 Å². The van der Waals surface area contributed by atoms with Gasteiger partial charge in [-0.1, -0.05) is 13.8 Å². The SMILES string of the molecule is CC(C)CC(N)C(C)(C)O. The predicted octanol–water partition coefficient (Wildman–Crippen LogP) is 1.13. The number of rotatable bonds is 3. The quantitative estimate of drug-likeness (QED) is 0.625. The Kier molecular flexibility index (Phi) is 3.33. The maximum absolute atomic E-state index is 9.41. The van der Waals surface area contributed by atoms with Gasteiger partial charge in [0, 0.05) is 6.04 Å². The van der Waals surface area contributed by atoms with Gasteiger partial charge in [-0.3, -0.25) is 0 Å². The van der Waals surface area contributed by atoms with E-state index in [1.807, 2.05) is 0 Å². The summed E-state index contributed by atoms with van der Waals surface area (Å²) in [4.78, 5) is 0. The van der Waals surface area contributed by atoms with Crippen molar-refractivity contribution < 1.29 is 5.11 Å². The van der Waals surface area contributed by atoms with Gasteiger partial charge in [0.05, 0.1) is 5.60 Å². The topological polar surface area (TPSA) is 46.2 Å². The maximum Gasteiger partial charge on any atom is 0.0742 e. The summed E-state index contributed by atoms with van der Waals surface area (Å²) in [7, 11) is 0. The first-order valence-corrected chi connectivity index (χ1v) is 3.82. The van der Waals surface area contributed by atoms with Gasteiger partial charge in [-0.15, -0.1) is 0 Å². The van der Waals surface area contributed by atoms with Crippen LogP contribution in [0.5, 0.6) is 0 Å². The molecule has 0 aromatic carbocycles. The van der Waals surface area contributed by atoms with E-state index in [1.54, 1.807) is 13.8 Å². The molecule has 0 fully saturated rings. The van der Waals surface area contributed by atoms with Crippen LogP contribution < -0.4 is 5.73 Å². The first-order chi connectivity index (χ1) is 4.34. The van der Waals surface area contributed by atoms with Gasteiger partial charge in [-0.25, -0.2) is 0 Å². The Morgan fingerprint density at radius 1 is 1.40 bits per heavy atom. The van der Waals surface area contributed by atoms with E-state index < -0.39 is 5.60 Å². The summed E-state index contributed by atoms with van der Waals surface area (Å²) >= 11 is 0. The molecule has 0 radical (unpaired) electrons. The zero-order valence-corrected chi connectivity index (χ0v) is 7.39. The van der Waals surface area contributed by atoms with Gasteiger partial charge in [0.2, 0.25) is 0 Å². The van der Waals surface area contributed by atoms with Crippen LogP contribution in [0, 0.1) is 5.92 Å². The van der Waals surface area contributed by atoms with E-state index in [-0.39, 0.29) is 6.04 Å². The summed E-state index contributed by atoms with van der Waals surface area (Å²) in [5, 5.41) is 9.41. The summed E-state index contributed by atoms with van der Waals surface area (Å²) in [5.41, 5.74) is 4.97. The highest BCUT2D eigenvalue weighted by Crippen LogP contribution is 2.13. The van der Waals surface area contributed by atoms with Crippen LogP contribution in [-0.4, -0.2) is 16.7 Å². The summed E-state index contributed by atoms with van der Waals surface area (Å²) in [6.45, 7) is 7.71. The third kappa shape index (κ3) is 3.85. The minimum Gasteiger partial charge on any atom is -0.389 e. The summed E-state index contributed by atoms with van der Waals surface area (Å²) in [6, 6.07) is -0.104. The Hall–Kier alpha value is -0.0800. The zero-order chi connectivity index (χ0) is 8.36. The third-order valence-corrected chi connectivity index (χ3v) is 1.63. The second kappa shape index (κ2) is 3.35. The summed E-state index contributed by atoms with van der Waals surface area (Å²) in [6.07, 6.45) is 0.878. The van der Waals surface area contributed by atoms with Crippen molar-refractivity contribution >= 4 is 0 Å². The Bertz CT molecular complexity index is 93.9. The van der Waals surface area contributed by atoms with Crippen LogP contribution in [0.1, 0.15) is 34.1 Å². The largest absolute Gasteiger partial charge is 0.389 e. The average Bonchev–Trinajstić information content (AvgIpc) is 1.60. The molecule has 0 aromatic heterocycles. The lowest BCUT2D eigenvalue weighted by Gasteiger charge is -2.26. The van der Waals surface area contributed by atoms with Crippen molar-refractivity contribution in [1.82, 2.24) is 0 Å². The number of hydrogen-bond acceptors (Lipinski definition) is 2. The van der Waals surface area contributed by atoms with Gasteiger partial charge in [-0.05, 0) is 26.2 Å². The molecule has 0 amide bonds. The van der Waals surface area contributed by atoms with Crippen molar-refractivity contribution in [2.24, 2.45) is 11.7 Å². The molecule has 2 heteroatoms. The molecular weight excluding hydrogens is 126 g/mol. The van der Waals surface area contributed by atoms with Gasteiger partial charge in [0.15, 0.2) is 0 Å². The first-order valence-electron chi connectivity index (χ1n) is 3.82. The van der Waals surface area contributed by atoms with Crippen molar-refractivity contribution in [1.29, 1.82) is 0 Å². The summed E-state index contributed by atoms with van der Waals surface area (Å²) in [5.74, 6) is 0.557. The Morgan fingerprint density at radius 3 is 1.90 bits per heavy atom. The smallest absolute Gasteiger partial charge is 0.0742 e. The van der Waals surface area contributed by atoms with Crippen LogP contribution in [-0.2, 0) is 0 Å². The van der Waals surface area contributed by atoms with Gasteiger partial charge in [-0.2, -0.15) is 0 Å². The van der Waals surface area contributed by atoms with E-state index in [4.69, 9.17) is 5.73 Å². The molecule has 62 valence electrons. The molecule has 2 nitrogen and oxygen atoms in total. The molecule has 0 heterocycles. The van der Waals surface area contributed by atoms with Gasteiger partial charge < -0.3 is 10.8 Å². The molecule has 0 saturated carbocycles. The minimum atomic E-state index is -0.732. The Balaban J connectivity index is 3.73. The maximum atomic E-state index is 9.41. The van der Waals surface area contributed by atoms with E-state index in [2.05, 4.69) is 13.8 Å². The van der Waals surface area contributed by atoms with Crippen molar-refractivity contribution in [2.75, 3.05) is 0 Å². The highest BCUT2D eigenvalue weighted by Gasteiger charge is 2.22. The number of aliphatic hydroxyl groups is 1. The van der Waals surface area contributed by atoms with Crippen molar-refractivity contribution in [2.45, 2.75) is 45.8 Å². The van der Waals surface area contributed by atoms with Crippen molar-refractivity contribution in [3.63, 3.8) is 0 Å². The third-order valence-electron chi connectivity index (χ3n) is 1.63. The van der Waals surface area contributed by atoms with Gasteiger partial charge in [0.25, 0.3) is 0 Å². The molecular formula is C8H19NO. The van der Waals surface area contributed by atoms with Gasteiger partial charge in [0.1, 0.15) is 0 Å². The Labute approximate surface area is 63.4 Å². The number of nitrogens with two attached hydrogens (primary N) is 1. The molecule has 0 saturated heterocycles.